The van der Waals surface area contributed by atoms with E-state index in [1.165, 1.54) is 21.9 Å². The first kappa shape index (κ1) is 11.8. The summed E-state index contributed by atoms with van der Waals surface area (Å²) in [6.45, 7) is 0.356. The Morgan fingerprint density at radius 3 is 2.70 bits per heavy atom. The van der Waals surface area contributed by atoms with E-state index in [2.05, 4.69) is 41.0 Å². The molecule has 0 bridgehead atoms. The molecule has 3 nitrogen and oxygen atoms in total. The number of nitrogens with one attached hydrogen (secondary N) is 2. The maximum absolute atomic E-state index is 11.8. The van der Waals surface area contributed by atoms with E-state index in [0.717, 1.165) is 31.4 Å². The highest BCUT2D eigenvalue weighted by Gasteiger charge is 2.23. The molecule has 2 aliphatic rings. The number of hydrogen-bond acceptors (Lipinski definition) is 2. The molecule has 0 aliphatic heterocycles. The van der Waals surface area contributed by atoms with Gasteiger partial charge in [-0.15, -0.1) is 0 Å². The van der Waals surface area contributed by atoms with Crippen molar-refractivity contribution in [3.8, 4) is 0 Å². The first-order valence-corrected chi connectivity index (χ1v) is 7.38. The summed E-state index contributed by atoms with van der Waals surface area (Å²) in [4.78, 5) is 11.8. The van der Waals surface area contributed by atoms with Gasteiger partial charge in [0.15, 0.2) is 0 Å². The average Bonchev–Trinajstić information content (AvgIpc) is 3.17. The van der Waals surface area contributed by atoms with Crippen molar-refractivity contribution in [2.45, 2.75) is 31.7 Å². The van der Waals surface area contributed by atoms with E-state index in [-0.39, 0.29) is 5.91 Å². The molecule has 3 heteroatoms. The Balaban J connectivity index is 1.59. The second-order valence-corrected chi connectivity index (χ2v) is 5.81. The number of hydrogen-bond donors (Lipinski definition) is 2. The lowest BCUT2D eigenvalue weighted by molar-refractivity contribution is -0.119. The van der Waals surface area contributed by atoms with Crippen LogP contribution in [0, 0.1) is 0 Å². The third kappa shape index (κ3) is 2.03. The molecule has 2 N–H and O–H groups in total. The monoisotopic (exact) mass is 266 g/mol. The Morgan fingerprint density at radius 2 is 1.90 bits per heavy atom. The average molecular weight is 266 g/mol. The molecule has 0 spiro atoms. The minimum Gasteiger partial charge on any atom is -0.376 e. The van der Waals surface area contributed by atoms with Gasteiger partial charge < -0.3 is 10.6 Å². The quantitative estimate of drug-likeness (QED) is 0.893. The molecule has 1 amide bonds. The summed E-state index contributed by atoms with van der Waals surface area (Å²) < 4.78 is 0. The molecule has 2 aromatic rings. The van der Waals surface area contributed by atoms with Crippen LogP contribution in [0.3, 0.4) is 0 Å². The van der Waals surface area contributed by atoms with E-state index in [1.54, 1.807) is 0 Å². The van der Waals surface area contributed by atoms with E-state index in [4.69, 9.17) is 0 Å². The summed E-state index contributed by atoms with van der Waals surface area (Å²) in [6.07, 6.45) is 4.54. The van der Waals surface area contributed by atoms with Crippen LogP contribution in [0.2, 0.25) is 0 Å². The van der Waals surface area contributed by atoms with Crippen LogP contribution in [0.5, 0.6) is 0 Å². The lowest BCUT2D eigenvalue weighted by Gasteiger charge is -2.11. The van der Waals surface area contributed by atoms with Crippen molar-refractivity contribution in [2.75, 3.05) is 11.9 Å². The van der Waals surface area contributed by atoms with Gasteiger partial charge in [-0.05, 0) is 48.3 Å². The first-order chi connectivity index (χ1) is 9.81. The van der Waals surface area contributed by atoms with Crippen molar-refractivity contribution in [1.82, 2.24) is 5.32 Å². The van der Waals surface area contributed by atoms with Gasteiger partial charge in [0.25, 0.3) is 0 Å². The fourth-order valence-electron chi connectivity index (χ4n) is 3.08. The molecule has 0 radical (unpaired) electrons. The van der Waals surface area contributed by atoms with Crippen LogP contribution in [0.25, 0.3) is 10.8 Å². The van der Waals surface area contributed by atoms with Crippen molar-refractivity contribution < 1.29 is 4.79 Å². The summed E-state index contributed by atoms with van der Waals surface area (Å²) in [5.74, 6) is 0.0933. The lowest BCUT2D eigenvalue weighted by atomic mass is 10.0. The number of aryl methyl sites for hydroxylation is 2. The number of carbonyl (C=O) groups is 1. The fraction of sp³-hybridized carbons (Fsp3) is 0.353. The van der Waals surface area contributed by atoms with Crippen molar-refractivity contribution >= 4 is 22.4 Å². The van der Waals surface area contributed by atoms with Gasteiger partial charge in [0.2, 0.25) is 5.91 Å². The number of rotatable bonds is 4. The maximum Gasteiger partial charge on any atom is 0.239 e. The SMILES string of the molecule is O=C(CNc1ccc2c3c(cccc13)CC2)NC1CC1. The molecule has 0 atom stereocenters. The second kappa shape index (κ2) is 4.51. The summed E-state index contributed by atoms with van der Waals surface area (Å²) in [5, 5.41) is 8.93. The van der Waals surface area contributed by atoms with E-state index < -0.39 is 0 Å². The standard InChI is InChI=1S/C17H18N2O/c20-16(19-13-7-8-13)10-18-15-9-6-12-5-4-11-2-1-3-14(15)17(11)12/h1-3,6,9,13,18H,4-5,7-8,10H2,(H,19,20). The van der Waals surface area contributed by atoms with Gasteiger partial charge in [-0.3, -0.25) is 4.79 Å². The number of anilines is 1. The zero-order chi connectivity index (χ0) is 13.5. The summed E-state index contributed by atoms with van der Waals surface area (Å²) in [6, 6.07) is 11.2. The van der Waals surface area contributed by atoms with Crippen LogP contribution < -0.4 is 10.6 Å². The third-order valence-corrected chi connectivity index (χ3v) is 4.26. The van der Waals surface area contributed by atoms with Crippen LogP contribution in [0.15, 0.2) is 30.3 Å². The molecule has 4 rings (SSSR count). The van der Waals surface area contributed by atoms with Crippen molar-refractivity contribution in [2.24, 2.45) is 0 Å². The minimum absolute atomic E-state index is 0.0933. The minimum atomic E-state index is 0.0933. The maximum atomic E-state index is 11.8. The molecule has 0 unspecified atom stereocenters. The van der Waals surface area contributed by atoms with Gasteiger partial charge in [-0.1, -0.05) is 24.3 Å². The predicted molar refractivity (Wildman–Crippen MR) is 81.0 cm³/mol. The van der Waals surface area contributed by atoms with Crippen molar-refractivity contribution in [3.05, 3.63) is 41.5 Å². The Bertz CT molecular complexity index is 678. The third-order valence-electron chi connectivity index (χ3n) is 4.26. The Kier molecular flexibility index (Phi) is 2.66. The van der Waals surface area contributed by atoms with E-state index in [9.17, 15) is 4.79 Å². The van der Waals surface area contributed by atoms with Gasteiger partial charge >= 0.3 is 0 Å². The fourth-order valence-corrected chi connectivity index (χ4v) is 3.08. The molecule has 0 heterocycles. The molecular formula is C17H18N2O. The highest BCUT2D eigenvalue weighted by molar-refractivity contribution is 6.00. The van der Waals surface area contributed by atoms with Gasteiger partial charge in [0.1, 0.15) is 0 Å². The van der Waals surface area contributed by atoms with Crippen LogP contribution >= 0.6 is 0 Å². The van der Waals surface area contributed by atoms with E-state index in [1.807, 2.05) is 0 Å². The summed E-state index contributed by atoms with van der Waals surface area (Å²) in [5.41, 5.74) is 3.94. The lowest BCUT2D eigenvalue weighted by Crippen LogP contribution is -2.31. The molecule has 20 heavy (non-hydrogen) atoms. The zero-order valence-corrected chi connectivity index (χ0v) is 11.4. The van der Waals surface area contributed by atoms with Crippen LogP contribution in [-0.4, -0.2) is 18.5 Å². The van der Waals surface area contributed by atoms with Gasteiger partial charge in [0, 0.05) is 17.1 Å². The highest BCUT2D eigenvalue weighted by Crippen LogP contribution is 2.34. The summed E-state index contributed by atoms with van der Waals surface area (Å²) in [7, 11) is 0. The molecule has 0 aromatic heterocycles. The molecule has 1 fully saturated rings. The Hall–Kier alpha value is -2.03. The van der Waals surface area contributed by atoms with E-state index >= 15 is 0 Å². The van der Waals surface area contributed by atoms with Crippen LogP contribution in [-0.2, 0) is 17.6 Å². The van der Waals surface area contributed by atoms with Gasteiger partial charge in [0.05, 0.1) is 6.54 Å². The number of carbonyl (C=O) groups excluding carboxylic acids is 1. The Labute approximate surface area is 118 Å². The normalized spacial score (nSPS) is 16.4. The van der Waals surface area contributed by atoms with Crippen molar-refractivity contribution in [1.29, 1.82) is 0 Å². The molecule has 2 aliphatic carbocycles. The molecule has 102 valence electrons. The van der Waals surface area contributed by atoms with E-state index in [0.29, 0.717) is 12.6 Å². The summed E-state index contributed by atoms with van der Waals surface area (Å²) >= 11 is 0. The second-order valence-electron chi connectivity index (χ2n) is 5.81. The molecule has 0 saturated heterocycles. The van der Waals surface area contributed by atoms with Gasteiger partial charge in [-0.2, -0.15) is 0 Å². The molecule has 1 saturated carbocycles. The zero-order valence-electron chi connectivity index (χ0n) is 11.4. The van der Waals surface area contributed by atoms with Crippen LogP contribution in [0.1, 0.15) is 24.0 Å². The van der Waals surface area contributed by atoms with Crippen molar-refractivity contribution in [3.63, 3.8) is 0 Å². The number of benzene rings is 2. The number of amides is 1. The highest BCUT2D eigenvalue weighted by atomic mass is 16.2. The topological polar surface area (TPSA) is 41.1 Å². The predicted octanol–water partition coefficient (Wildman–Crippen LogP) is 2.63. The smallest absolute Gasteiger partial charge is 0.239 e. The Morgan fingerprint density at radius 1 is 1.10 bits per heavy atom. The first-order valence-electron chi connectivity index (χ1n) is 7.38. The largest absolute Gasteiger partial charge is 0.376 e. The molecule has 2 aromatic carbocycles. The molecular weight excluding hydrogens is 248 g/mol. The van der Waals surface area contributed by atoms with Crippen LogP contribution in [0.4, 0.5) is 5.69 Å². The van der Waals surface area contributed by atoms with Gasteiger partial charge in [-0.25, -0.2) is 0 Å².